The third-order valence-corrected chi connectivity index (χ3v) is 2.31. The Morgan fingerprint density at radius 2 is 2.31 bits per heavy atom. The second-order valence-electron chi connectivity index (χ2n) is 2.64. The number of hydrogen-bond acceptors (Lipinski definition) is 1. The number of hydrogen-bond donors (Lipinski definition) is 2. The van der Waals surface area contributed by atoms with Gasteiger partial charge in [-0.25, -0.2) is 0 Å². The number of halogens is 1. The van der Waals surface area contributed by atoms with Gasteiger partial charge in [0.2, 0.25) is 0 Å². The van der Waals surface area contributed by atoms with Crippen LogP contribution in [-0.2, 0) is 6.42 Å². The molecule has 0 aliphatic rings. The molecule has 1 aromatic rings. The van der Waals surface area contributed by atoms with Gasteiger partial charge >= 0.3 is 0 Å². The highest BCUT2D eigenvalue weighted by molar-refractivity contribution is 9.10. The van der Waals surface area contributed by atoms with Crippen LogP contribution in [0.4, 0.5) is 5.69 Å². The van der Waals surface area contributed by atoms with Gasteiger partial charge < -0.3 is 11.1 Å². The van der Waals surface area contributed by atoms with Crippen molar-refractivity contribution in [2.45, 2.75) is 13.3 Å². The topological polar surface area (TPSA) is 38.0 Å². The number of nitrogens with one attached hydrogen (secondary N) is 1. The van der Waals surface area contributed by atoms with Gasteiger partial charge in [0, 0.05) is 10.2 Å². The van der Waals surface area contributed by atoms with E-state index in [4.69, 9.17) is 18.0 Å². The lowest BCUT2D eigenvalue weighted by atomic mass is 10.1. The third kappa shape index (κ3) is 2.97. The minimum atomic E-state index is 0.299. The van der Waals surface area contributed by atoms with E-state index in [0.717, 1.165) is 16.6 Å². The summed E-state index contributed by atoms with van der Waals surface area (Å²) in [5.74, 6) is 0. The largest absolute Gasteiger partial charge is 0.376 e. The molecule has 0 aromatic heterocycles. The van der Waals surface area contributed by atoms with E-state index in [0.29, 0.717) is 5.11 Å². The summed E-state index contributed by atoms with van der Waals surface area (Å²) in [4.78, 5) is 0. The van der Waals surface area contributed by atoms with Crippen molar-refractivity contribution in [2.24, 2.45) is 5.73 Å². The summed E-state index contributed by atoms with van der Waals surface area (Å²) >= 11 is 8.17. The van der Waals surface area contributed by atoms with Gasteiger partial charge in [0.15, 0.2) is 5.11 Å². The highest BCUT2D eigenvalue weighted by Crippen LogP contribution is 2.21. The van der Waals surface area contributed by atoms with E-state index >= 15 is 0 Å². The first-order chi connectivity index (χ1) is 6.13. The van der Waals surface area contributed by atoms with Gasteiger partial charge in [-0.3, -0.25) is 0 Å². The molecule has 0 fully saturated rings. The van der Waals surface area contributed by atoms with E-state index < -0.39 is 0 Å². The number of anilines is 1. The van der Waals surface area contributed by atoms with Crippen molar-refractivity contribution in [2.75, 3.05) is 5.32 Å². The molecule has 0 aliphatic heterocycles. The van der Waals surface area contributed by atoms with Gasteiger partial charge in [-0.15, -0.1) is 0 Å². The third-order valence-electron chi connectivity index (χ3n) is 1.71. The van der Waals surface area contributed by atoms with E-state index in [1.807, 2.05) is 18.2 Å². The molecular formula is C9H11BrN2S. The van der Waals surface area contributed by atoms with Crippen molar-refractivity contribution < 1.29 is 0 Å². The maximum absolute atomic E-state index is 5.40. The minimum Gasteiger partial charge on any atom is -0.376 e. The molecule has 0 radical (unpaired) electrons. The summed E-state index contributed by atoms with van der Waals surface area (Å²) in [6.07, 6.45) is 0.957. The molecule has 70 valence electrons. The van der Waals surface area contributed by atoms with Gasteiger partial charge in [-0.05, 0) is 36.3 Å². The van der Waals surface area contributed by atoms with Crippen molar-refractivity contribution in [3.8, 4) is 0 Å². The molecule has 3 N–H and O–H groups in total. The summed E-state index contributed by atoms with van der Waals surface area (Å²) in [6, 6.07) is 6.02. The van der Waals surface area contributed by atoms with Crippen molar-refractivity contribution >= 4 is 38.9 Å². The van der Waals surface area contributed by atoms with E-state index in [1.165, 1.54) is 5.56 Å². The Hall–Kier alpha value is -0.610. The lowest BCUT2D eigenvalue weighted by Gasteiger charge is -2.09. The van der Waals surface area contributed by atoms with Gasteiger partial charge in [-0.2, -0.15) is 0 Å². The van der Waals surface area contributed by atoms with E-state index in [2.05, 4.69) is 28.2 Å². The number of rotatable bonds is 2. The Kier molecular flexibility index (Phi) is 3.69. The van der Waals surface area contributed by atoms with Crippen LogP contribution in [-0.4, -0.2) is 5.11 Å². The first-order valence-corrected chi connectivity index (χ1v) is 5.18. The average Bonchev–Trinajstić information content (AvgIpc) is 2.03. The standard InChI is InChI=1S/C9H11BrN2S/c1-2-6-3-4-7(10)5-8(6)12-9(11)13/h3-5H,2H2,1H3,(H3,11,12,13). The zero-order valence-corrected chi connectivity index (χ0v) is 9.71. The Morgan fingerprint density at radius 3 is 2.85 bits per heavy atom. The van der Waals surface area contributed by atoms with Crippen molar-refractivity contribution in [3.05, 3.63) is 28.2 Å². The van der Waals surface area contributed by atoms with Crippen molar-refractivity contribution in [3.63, 3.8) is 0 Å². The molecule has 0 saturated heterocycles. The van der Waals surface area contributed by atoms with Crippen LogP contribution in [0.1, 0.15) is 12.5 Å². The summed E-state index contributed by atoms with van der Waals surface area (Å²) < 4.78 is 1.02. The average molecular weight is 259 g/mol. The Balaban J connectivity index is 3.01. The molecule has 4 heteroatoms. The maximum atomic E-state index is 5.40. The van der Waals surface area contributed by atoms with Crippen molar-refractivity contribution in [1.82, 2.24) is 0 Å². The molecule has 1 rings (SSSR count). The van der Waals surface area contributed by atoms with E-state index in [1.54, 1.807) is 0 Å². The molecule has 0 spiro atoms. The van der Waals surface area contributed by atoms with Crippen molar-refractivity contribution in [1.29, 1.82) is 0 Å². The summed E-state index contributed by atoms with van der Waals surface area (Å²) in [6.45, 7) is 2.09. The molecule has 0 amide bonds. The van der Waals surface area contributed by atoms with Crippen LogP contribution < -0.4 is 11.1 Å². The van der Waals surface area contributed by atoms with Crippen LogP contribution in [0.15, 0.2) is 22.7 Å². The molecule has 1 aromatic carbocycles. The second-order valence-corrected chi connectivity index (χ2v) is 4.00. The molecule has 0 unspecified atom stereocenters. The predicted molar refractivity (Wildman–Crippen MR) is 63.9 cm³/mol. The lowest BCUT2D eigenvalue weighted by Crippen LogP contribution is -2.19. The molecular weight excluding hydrogens is 248 g/mol. The molecule has 0 saturated carbocycles. The van der Waals surface area contributed by atoms with Crippen LogP contribution in [0.3, 0.4) is 0 Å². The van der Waals surface area contributed by atoms with E-state index in [9.17, 15) is 0 Å². The predicted octanol–water partition coefficient (Wildman–Crippen LogP) is 2.67. The number of thiocarbonyl (C=S) groups is 1. The zero-order chi connectivity index (χ0) is 9.84. The molecule has 0 bridgehead atoms. The quantitative estimate of drug-likeness (QED) is 0.802. The fourth-order valence-electron chi connectivity index (χ4n) is 1.11. The van der Waals surface area contributed by atoms with Crippen LogP contribution in [0.25, 0.3) is 0 Å². The lowest BCUT2D eigenvalue weighted by molar-refractivity contribution is 1.14. The number of aryl methyl sites for hydroxylation is 1. The molecule has 0 heterocycles. The molecule has 13 heavy (non-hydrogen) atoms. The monoisotopic (exact) mass is 258 g/mol. The van der Waals surface area contributed by atoms with Gasteiger partial charge in [0.1, 0.15) is 0 Å². The summed E-state index contributed by atoms with van der Waals surface area (Å²) in [5, 5.41) is 3.24. The SMILES string of the molecule is CCc1ccc(Br)cc1NC(N)=S. The summed E-state index contributed by atoms with van der Waals surface area (Å²) in [5.41, 5.74) is 7.58. The number of nitrogens with two attached hydrogens (primary N) is 1. The molecule has 0 atom stereocenters. The summed E-state index contributed by atoms with van der Waals surface area (Å²) in [7, 11) is 0. The normalized spacial score (nSPS) is 9.69. The van der Waals surface area contributed by atoms with Crippen LogP contribution >= 0.6 is 28.1 Å². The smallest absolute Gasteiger partial charge is 0.168 e. The van der Waals surface area contributed by atoms with Crippen LogP contribution in [0, 0.1) is 0 Å². The molecule has 0 aliphatic carbocycles. The minimum absolute atomic E-state index is 0.299. The van der Waals surface area contributed by atoms with Gasteiger partial charge in [0.25, 0.3) is 0 Å². The number of benzene rings is 1. The Labute approximate surface area is 91.6 Å². The zero-order valence-electron chi connectivity index (χ0n) is 7.30. The van der Waals surface area contributed by atoms with Crippen LogP contribution in [0.5, 0.6) is 0 Å². The fourth-order valence-corrected chi connectivity index (χ4v) is 1.58. The first kappa shape index (κ1) is 10.5. The van der Waals surface area contributed by atoms with Crippen LogP contribution in [0.2, 0.25) is 0 Å². The second kappa shape index (κ2) is 4.58. The fraction of sp³-hybridized carbons (Fsp3) is 0.222. The van der Waals surface area contributed by atoms with Gasteiger partial charge in [0.05, 0.1) is 0 Å². The Morgan fingerprint density at radius 1 is 1.62 bits per heavy atom. The Bertz CT molecular complexity index is 325. The maximum Gasteiger partial charge on any atom is 0.168 e. The highest BCUT2D eigenvalue weighted by atomic mass is 79.9. The first-order valence-electron chi connectivity index (χ1n) is 3.98. The highest BCUT2D eigenvalue weighted by Gasteiger charge is 2.01. The van der Waals surface area contributed by atoms with Gasteiger partial charge in [-0.1, -0.05) is 28.9 Å². The van der Waals surface area contributed by atoms with E-state index in [-0.39, 0.29) is 0 Å². The molecule has 2 nitrogen and oxygen atoms in total.